The Morgan fingerprint density at radius 3 is 2.65 bits per heavy atom. The molecule has 0 N–H and O–H groups in total. The van der Waals surface area contributed by atoms with Crippen LogP contribution in [0.5, 0.6) is 11.5 Å². The van der Waals surface area contributed by atoms with E-state index < -0.39 is 12.6 Å². The Hall–Kier alpha value is -2.42. The van der Waals surface area contributed by atoms with Gasteiger partial charge in [0.2, 0.25) is 0 Å². The van der Waals surface area contributed by atoms with Gasteiger partial charge in [-0.15, -0.1) is 0 Å². The summed E-state index contributed by atoms with van der Waals surface area (Å²) >= 11 is 1.31. The van der Waals surface area contributed by atoms with Crippen LogP contribution in [0.15, 0.2) is 33.8 Å². The van der Waals surface area contributed by atoms with Crippen molar-refractivity contribution in [2.75, 3.05) is 46.9 Å². The number of ether oxygens (including phenoxy) is 2. The third kappa shape index (κ3) is 6.78. The number of alkyl halides is 3. The molecule has 0 saturated carbocycles. The van der Waals surface area contributed by atoms with E-state index in [1.807, 2.05) is 0 Å². The van der Waals surface area contributed by atoms with Crippen molar-refractivity contribution in [3.05, 3.63) is 34.4 Å². The van der Waals surface area contributed by atoms with Gasteiger partial charge in [0, 0.05) is 32.6 Å². The number of thioether (sulfide) groups is 1. The van der Waals surface area contributed by atoms with Gasteiger partial charge in [0.15, 0.2) is 16.7 Å². The molecule has 1 amide bonds. The van der Waals surface area contributed by atoms with Crippen LogP contribution < -0.4 is 9.47 Å². The number of rotatable bonds is 6. The first-order valence-corrected chi connectivity index (χ1v) is 10.7. The monoisotopic (exact) mass is 455 g/mol. The molecule has 1 saturated heterocycles. The van der Waals surface area contributed by atoms with Gasteiger partial charge in [0.1, 0.15) is 4.91 Å². The number of aliphatic imine (C=N–C) groups is 1. The Morgan fingerprint density at radius 1 is 1.23 bits per heavy atom. The van der Waals surface area contributed by atoms with Gasteiger partial charge in [-0.3, -0.25) is 4.79 Å². The minimum Gasteiger partial charge on any atom is -0.493 e. The van der Waals surface area contributed by atoms with E-state index in [0.29, 0.717) is 27.1 Å². The van der Waals surface area contributed by atoms with E-state index in [0.717, 1.165) is 26.2 Å². The Bertz CT molecular complexity index is 903. The maximum absolute atomic E-state index is 12.2. The molecule has 3 rings (SSSR count). The minimum atomic E-state index is -4.20. The average molecular weight is 456 g/mol. The van der Waals surface area contributed by atoms with Crippen molar-refractivity contribution in [1.82, 2.24) is 9.80 Å². The van der Waals surface area contributed by atoms with Gasteiger partial charge < -0.3 is 19.3 Å². The van der Waals surface area contributed by atoms with Gasteiger partial charge in [-0.05, 0) is 49.0 Å². The number of methoxy groups -OCH3 is 1. The summed E-state index contributed by atoms with van der Waals surface area (Å²) in [5.74, 6) is 0.445. The van der Waals surface area contributed by atoms with Crippen molar-refractivity contribution < 1.29 is 27.4 Å². The third-order valence-electron chi connectivity index (χ3n) is 4.78. The van der Waals surface area contributed by atoms with E-state index in [2.05, 4.69) is 27.6 Å². The number of hydrogen-bond donors (Lipinski definition) is 0. The third-order valence-corrected chi connectivity index (χ3v) is 5.81. The van der Waals surface area contributed by atoms with E-state index in [-0.39, 0.29) is 18.9 Å². The van der Waals surface area contributed by atoms with E-state index in [1.165, 1.54) is 18.9 Å². The fourth-order valence-electron chi connectivity index (χ4n) is 3.02. The number of nitrogens with zero attached hydrogens (tertiary/aromatic N) is 3. The SMILES string of the molecule is COc1cc(C=C=C2SC(N3CCN(C)CC3)=NC2=O)ccc1OCCCC(F)(F)F. The second-order valence-electron chi connectivity index (χ2n) is 7.19. The van der Waals surface area contributed by atoms with E-state index in [1.54, 1.807) is 24.3 Å². The van der Waals surface area contributed by atoms with Crippen molar-refractivity contribution >= 4 is 28.9 Å². The highest BCUT2D eigenvalue weighted by molar-refractivity contribution is 8.18. The van der Waals surface area contributed by atoms with Gasteiger partial charge in [-0.2, -0.15) is 18.2 Å². The summed E-state index contributed by atoms with van der Waals surface area (Å²) in [6.07, 6.45) is -3.57. The molecule has 1 fully saturated rings. The normalized spacial score (nSPS) is 17.5. The second kappa shape index (κ2) is 10.3. The molecule has 0 aromatic heterocycles. The molecule has 0 aliphatic carbocycles. The highest BCUT2D eigenvalue weighted by atomic mass is 32.2. The lowest BCUT2D eigenvalue weighted by Gasteiger charge is -2.32. The van der Waals surface area contributed by atoms with Crippen molar-refractivity contribution in [2.24, 2.45) is 4.99 Å². The molecule has 0 bridgehead atoms. The van der Waals surface area contributed by atoms with Crippen LogP contribution in [0, 0.1) is 0 Å². The topological polar surface area (TPSA) is 54.4 Å². The zero-order valence-corrected chi connectivity index (χ0v) is 18.2. The highest BCUT2D eigenvalue weighted by Crippen LogP contribution is 2.31. The lowest BCUT2D eigenvalue weighted by Crippen LogP contribution is -2.46. The van der Waals surface area contributed by atoms with Crippen LogP contribution in [-0.4, -0.2) is 74.0 Å². The summed E-state index contributed by atoms with van der Waals surface area (Å²) in [6, 6.07) is 5.03. The molecule has 31 heavy (non-hydrogen) atoms. The van der Waals surface area contributed by atoms with Crippen molar-refractivity contribution in [1.29, 1.82) is 0 Å². The van der Waals surface area contributed by atoms with Crippen LogP contribution in [0.3, 0.4) is 0 Å². The molecule has 10 heteroatoms. The Kier molecular flexibility index (Phi) is 7.69. The highest BCUT2D eigenvalue weighted by Gasteiger charge is 2.28. The van der Waals surface area contributed by atoms with Gasteiger partial charge in [0.25, 0.3) is 5.91 Å². The number of hydrogen-bond acceptors (Lipinski definition) is 6. The zero-order valence-electron chi connectivity index (χ0n) is 17.4. The number of benzene rings is 1. The molecule has 2 aliphatic heterocycles. The summed E-state index contributed by atoms with van der Waals surface area (Å²) in [7, 11) is 3.52. The standard InChI is InChI=1S/C21H24F3N3O3S/c1-26-9-11-27(12-10-26)20-25-19(28)18(31-20)7-5-15-4-6-16(17(14-15)29-2)30-13-3-8-21(22,23)24/h4-6,14H,3,8-13H2,1-2H3. The largest absolute Gasteiger partial charge is 0.493 e. The Labute approximate surface area is 183 Å². The van der Waals surface area contributed by atoms with Crippen molar-refractivity contribution in [3.8, 4) is 11.5 Å². The predicted octanol–water partition coefficient (Wildman–Crippen LogP) is 3.79. The molecule has 1 aromatic carbocycles. The van der Waals surface area contributed by atoms with Crippen LogP contribution >= 0.6 is 11.8 Å². The molecule has 0 unspecified atom stereocenters. The molecule has 0 spiro atoms. The summed E-state index contributed by atoms with van der Waals surface area (Å²) in [5, 5.41) is 0.703. The molecule has 2 heterocycles. The van der Waals surface area contributed by atoms with Crippen LogP contribution in [0.4, 0.5) is 13.2 Å². The number of halogens is 3. The molecular formula is C21H24F3N3O3S. The number of carbonyl (C=O) groups is 1. The lowest BCUT2D eigenvalue weighted by atomic mass is 10.2. The summed E-state index contributed by atoms with van der Waals surface area (Å²) in [6.45, 7) is 3.44. The quantitative estimate of drug-likeness (QED) is 0.370. The second-order valence-corrected chi connectivity index (χ2v) is 8.16. The van der Waals surface area contributed by atoms with Gasteiger partial charge in [-0.1, -0.05) is 11.8 Å². The van der Waals surface area contributed by atoms with Gasteiger partial charge in [-0.25, -0.2) is 0 Å². The molecular weight excluding hydrogens is 431 g/mol. The van der Waals surface area contributed by atoms with Gasteiger partial charge >= 0.3 is 6.18 Å². The van der Waals surface area contributed by atoms with E-state index in [4.69, 9.17) is 9.47 Å². The number of amides is 1. The van der Waals surface area contributed by atoms with E-state index in [9.17, 15) is 18.0 Å². The Balaban J connectivity index is 1.62. The fourth-order valence-corrected chi connectivity index (χ4v) is 3.89. The molecule has 2 aliphatic rings. The maximum Gasteiger partial charge on any atom is 0.389 e. The summed E-state index contributed by atoms with van der Waals surface area (Å²) < 4.78 is 47.4. The first-order valence-electron chi connectivity index (χ1n) is 9.84. The summed E-state index contributed by atoms with van der Waals surface area (Å²) in [4.78, 5) is 21.1. The number of amidine groups is 1. The molecule has 1 aromatic rings. The van der Waals surface area contributed by atoms with Gasteiger partial charge in [0.05, 0.1) is 13.7 Å². The number of piperazine rings is 1. The molecule has 6 nitrogen and oxygen atoms in total. The Morgan fingerprint density at radius 2 is 1.97 bits per heavy atom. The first kappa shape index (κ1) is 23.2. The average Bonchev–Trinajstić information content (AvgIpc) is 3.10. The van der Waals surface area contributed by atoms with Crippen molar-refractivity contribution in [3.63, 3.8) is 0 Å². The number of carbonyl (C=O) groups excluding carboxylic acids is 1. The van der Waals surface area contributed by atoms with Crippen LogP contribution in [0.2, 0.25) is 0 Å². The van der Waals surface area contributed by atoms with Crippen molar-refractivity contribution in [2.45, 2.75) is 19.0 Å². The molecule has 0 radical (unpaired) electrons. The zero-order chi connectivity index (χ0) is 22.4. The first-order chi connectivity index (χ1) is 14.7. The minimum absolute atomic E-state index is 0.0628. The fraction of sp³-hybridized carbons (Fsp3) is 0.476. The van der Waals surface area contributed by atoms with Crippen LogP contribution in [0.1, 0.15) is 18.4 Å². The number of likely N-dealkylation sites (N-methyl/N-ethyl adjacent to an activating group) is 1. The van der Waals surface area contributed by atoms with E-state index >= 15 is 0 Å². The lowest BCUT2D eigenvalue weighted by molar-refractivity contribution is -0.136. The van der Waals surface area contributed by atoms with Crippen LogP contribution in [-0.2, 0) is 4.79 Å². The smallest absolute Gasteiger partial charge is 0.389 e. The maximum atomic E-state index is 12.2. The predicted molar refractivity (Wildman–Crippen MR) is 114 cm³/mol. The molecule has 0 atom stereocenters. The summed E-state index contributed by atoms with van der Waals surface area (Å²) in [5.41, 5.74) is 3.71. The molecule has 168 valence electrons. The van der Waals surface area contributed by atoms with Crippen LogP contribution in [0.25, 0.3) is 6.08 Å².